The lowest BCUT2D eigenvalue weighted by Gasteiger charge is -2.38. The first-order valence-electron chi connectivity index (χ1n) is 8.86. The summed E-state index contributed by atoms with van der Waals surface area (Å²) < 4.78 is 13.4. The maximum absolute atomic E-state index is 13.4. The number of para-hydroxylation sites is 1. The highest BCUT2D eigenvalue weighted by atomic mass is 19.1. The molecule has 3 nitrogen and oxygen atoms in total. The van der Waals surface area contributed by atoms with E-state index in [1.165, 1.54) is 28.9 Å². The second kappa shape index (κ2) is 7.26. The third kappa shape index (κ3) is 3.68. The summed E-state index contributed by atoms with van der Waals surface area (Å²) in [6.07, 6.45) is 0. The second-order valence-electron chi connectivity index (χ2n) is 6.96. The minimum atomic E-state index is -0.369. The molecule has 1 heterocycles. The van der Waals surface area contributed by atoms with Crippen LogP contribution in [-0.2, 0) is 0 Å². The van der Waals surface area contributed by atoms with Gasteiger partial charge in [-0.25, -0.2) is 4.39 Å². The summed E-state index contributed by atoms with van der Waals surface area (Å²) in [7, 11) is 0. The number of amides is 1. The summed E-state index contributed by atoms with van der Waals surface area (Å²) in [6.45, 7) is 9.47. The fourth-order valence-corrected chi connectivity index (χ4v) is 3.52. The standard InChI is InChI=1S/C21H25FN2O/c1-15(2)19-9-4-6-16(3)20(19)23-10-12-24(13-11-23)21(25)17-7-5-8-18(22)14-17/h4-9,14-15H,10-13H2,1-3H3. The lowest BCUT2D eigenvalue weighted by Crippen LogP contribution is -2.49. The molecule has 1 saturated heterocycles. The quantitative estimate of drug-likeness (QED) is 0.835. The Morgan fingerprint density at radius 2 is 1.72 bits per heavy atom. The van der Waals surface area contributed by atoms with Crippen LogP contribution in [0.4, 0.5) is 10.1 Å². The van der Waals surface area contributed by atoms with Crippen LogP contribution in [0.5, 0.6) is 0 Å². The van der Waals surface area contributed by atoms with Crippen LogP contribution in [0.2, 0.25) is 0 Å². The van der Waals surface area contributed by atoms with Gasteiger partial charge in [0.15, 0.2) is 0 Å². The second-order valence-corrected chi connectivity index (χ2v) is 6.96. The van der Waals surface area contributed by atoms with Crippen molar-refractivity contribution in [3.8, 4) is 0 Å². The number of halogens is 1. The molecule has 0 saturated carbocycles. The normalized spacial score (nSPS) is 14.9. The predicted molar refractivity (Wildman–Crippen MR) is 99.8 cm³/mol. The first kappa shape index (κ1) is 17.5. The van der Waals surface area contributed by atoms with Crippen molar-refractivity contribution in [2.75, 3.05) is 31.1 Å². The summed E-state index contributed by atoms with van der Waals surface area (Å²) in [5.74, 6) is 0.000781. The van der Waals surface area contributed by atoms with Crippen molar-refractivity contribution in [3.63, 3.8) is 0 Å². The van der Waals surface area contributed by atoms with E-state index in [4.69, 9.17) is 0 Å². The zero-order valence-electron chi connectivity index (χ0n) is 15.1. The number of anilines is 1. The molecule has 0 atom stereocenters. The molecule has 25 heavy (non-hydrogen) atoms. The molecular weight excluding hydrogens is 315 g/mol. The molecule has 0 radical (unpaired) electrons. The number of hydrogen-bond donors (Lipinski definition) is 0. The van der Waals surface area contributed by atoms with Crippen molar-refractivity contribution in [2.45, 2.75) is 26.7 Å². The molecule has 2 aromatic carbocycles. The van der Waals surface area contributed by atoms with Gasteiger partial charge in [0, 0.05) is 37.4 Å². The molecule has 0 bridgehead atoms. The van der Waals surface area contributed by atoms with Crippen LogP contribution in [0.25, 0.3) is 0 Å². The molecule has 0 unspecified atom stereocenters. The maximum atomic E-state index is 13.4. The third-order valence-corrected chi connectivity index (χ3v) is 4.85. The highest BCUT2D eigenvalue weighted by molar-refractivity contribution is 5.94. The Morgan fingerprint density at radius 1 is 1.04 bits per heavy atom. The number of aryl methyl sites for hydroxylation is 1. The smallest absolute Gasteiger partial charge is 0.254 e. The first-order chi connectivity index (χ1) is 12.0. The highest BCUT2D eigenvalue weighted by Crippen LogP contribution is 2.31. The van der Waals surface area contributed by atoms with Crippen molar-refractivity contribution in [1.82, 2.24) is 4.90 Å². The Balaban J connectivity index is 1.74. The monoisotopic (exact) mass is 340 g/mol. The van der Waals surface area contributed by atoms with Gasteiger partial charge >= 0.3 is 0 Å². The largest absolute Gasteiger partial charge is 0.368 e. The molecule has 2 aromatic rings. The van der Waals surface area contributed by atoms with E-state index in [2.05, 4.69) is 43.9 Å². The number of carbonyl (C=O) groups excluding carboxylic acids is 1. The molecule has 4 heteroatoms. The van der Waals surface area contributed by atoms with Crippen LogP contribution in [-0.4, -0.2) is 37.0 Å². The molecule has 0 N–H and O–H groups in total. The van der Waals surface area contributed by atoms with Gasteiger partial charge in [0.05, 0.1) is 0 Å². The zero-order chi connectivity index (χ0) is 18.0. The topological polar surface area (TPSA) is 23.6 Å². The third-order valence-electron chi connectivity index (χ3n) is 4.85. The predicted octanol–water partition coefficient (Wildman–Crippen LogP) is 4.22. The lowest BCUT2D eigenvalue weighted by molar-refractivity contribution is 0.0746. The van der Waals surface area contributed by atoms with Crippen molar-refractivity contribution in [3.05, 3.63) is 65.0 Å². The number of nitrogens with zero attached hydrogens (tertiary/aromatic N) is 2. The number of hydrogen-bond acceptors (Lipinski definition) is 2. The number of piperazine rings is 1. The number of benzene rings is 2. The molecular formula is C21H25FN2O. The van der Waals surface area contributed by atoms with E-state index in [1.807, 2.05) is 4.90 Å². The average molecular weight is 340 g/mol. The van der Waals surface area contributed by atoms with Gasteiger partial charge < -0.3 is 9.80 Å². The van der Waals surface area contributed by atoms with E-state index in [-0.39, 0.29) is 11.7 Å². The Hall–Kier alpha value is -2.36. The summed E-state index contributed by atoms with van der Waals surface area (Å²) >= 11 is 0. The van der Waals surface area contributed by atoms with Gasteiger partial charge in [-0.05, 0) is 42.2 Å². The lowest BCUT2D eigenvalue weighted by atomic mass is 9.97. The summed E-state index contributed by atoms with van der Waals surface area (Å²) in [6, 6.07) is 12.4. The molecule has 0 aromatic heterocycles. The fourth-order valence-electron chi connectivity index (χ4n) is 3.52. The summed E-state index contributed by atoms with van der Waals surface area (Å²) in [5, 5.41) is 0. The molecule has 3 rings (SSSR count). The van der Waals surface area contributed by atoms with E-state index in [0.29, 0.717) is 24.6 Å². The van der Waals surface area contributed by atoms with Gasteiger partial charge in [-0.2, -0.15) is 0 Å². The number of carbonyl (C=O) groups is 1. The molecule has 1 aliphatic heterocycles. The van der Waals surface area contributed by atoms with Crippen molar-refractivity contribution in [2.24, 2.45) is 0 Å². The Morgan fingerprint density at radius 3 is 2.36 bits per heavy atom. The molecule has 0 aliphatic carbocycles. The Labute approximate surface area is 149 Å². The van der Waals surface area contributed by atoms with E-state index in [1.54, 1.807) is 12.1 Å². The van der Waals surface area contributed by atoms with Gasteiger partial charge in [-0.3, -0.25) is 4.79 Å². The van der Waals surface area contributed by atoms with Crippen LogP contribution in [0, 0.1) is 12.7 Å². The van der Waals surface area contributed by atoms with Gasteiger partial charge in [0.1, 0.15) is 5.82 Å². The SMILES string of the molecule is Cc1cccc(C(C)C)c1N1CCN(C(=O)c2cccc(F)c2)CC1. The van der Waals surface area contributed by atoms with E-state index in [9.17, 15) is 9.18 Å². The van der Waals surface area contributed by atoms with Crippen LogP contribution >= 0.6 is 0 Å². The minimum Gasteiger partial charge on any atom is -0.368 e. The van der Waals surface area contributed by atoms with Crippen molar-refractivity contribution in [1.29, 1.82) is 0 Å². The Bertz CT molecular complexity index is 764. The van der Waals surface area contributed by atoms with Gasteiger partial charge in [0.25, 0.3) is 5.91 Å². The fraction of sp³-hybridized carbons (Fsp3) is 0.381. The van der Waals surface area contributed by atoms with Gasteiger partial charge in [-0.15, -0.1) is 0 Å². The first-order valence-corrected chi connectivity index (χ1v) is 8.86. The Kier molecular flexibility index (Phi) is 5.07. The highest BCUT2D eigenvalue weighted by Gasteiger charge is 2.25. The zero-order valence-corrected chi connectivity index (χ0v) is 15.1. The van der Waals surface area contributed by atoms with E-state index in [0.717, 1.165) is 13.1 Å². The van der Waals surface area contributed by atoms with Crippen molar-refractivity contribution >= 4 is 11.6 Å². The molecule has 1 aliphatic rings. The number of rotatable bonds is 3. The van der Waals surface area contributed by atoms with Crippen LogP contribution in [0.15, 0.2) is 42.5 Å². The molecule has 1 fully saturated rings. The average Bonchev–Trinajstić information content (AvgIpc) is 2.61. The molecule has 0 spiro atoms. The summed E-state index contributed by atoms with van der Waals surface area (Å²) in [4.78, 5) is 16.8. The molecule has 132 valence electrons. The van der Waals surface area contributed by atoms with Crippen LogP contribution in [0.3, 0.4) is 0 Å². The molecule has 1 amide bonds. The van der Waals surface area contributed by atoms with Crippen molar-refractivity contribution < 1.29 is 9.18 Å². The van der Waals surface area contributed by atoms with E-state index < -0.39 is 0 Å². The van der Waals surface area contributed by atoms with Gasteiger partial charge in [0.2, 0.25) is 0 Å². The van der Waals surface area contributed by atoms with Crippen LogP contribution in [0.1, 0.15) is 41.3 Å². The van der Waals surface area contributed by atoms with Crippen LogP contribution < -0.4 is 4.90 Å². The van der Waals surface area contributed by atoms with Gasteiger partial charge in [-0.1, -0.05) is 38.1 Å². The summed E-state index contributed by atoms with van der Waals surface area (Å²) in [5.41, 5.74) is 4.35. The minimum absolute atomic E-state index is 0.0898. The van der Waals surface area contributed by atoms with E-state index >= 15 is 0 Å². The maximum Gasteiger partial charge on any atom is 0.254 e.